The van der Waals surface area contributed by atoms with Crippen LogP contribution >= 0.6 is 23.4 Å². The maximum absolute atomic E-state index is 15.1. The fourth-order valence-electron chi connectivity index (χ4n) is 7.40. The molecule has 0 fully saturated rings. The molecule has 4 amide bonds. The lowest BCUT2D eigenvalue weighted by Crippen LogP contribution is -2.36. The van der Waals surface area contributed by atoms with E-state index in [0.717, 1.165) is 29.9 Å². The Bertz CT molecular complexity index is 3110. The van der Waals surface area contributed by atoms with Crippen molar-refractivity contribution in [2.75, 3.05) is 55.4 Å². The fraction of sp³-hybridized carbons (Fsp3) is 0.294. The molecule has 4 aromatic carbocycles. The van der Waals surface area contributed by atoms with Crippen molar-refractivity contribution in [2.45, 2.75) is 57.4 Å². The number of halogens is 4. The number of rotatable bonds is 19. The average molecular weight is 1020 g/mol. The molecule has 16 nitrogen and oxygen atoms in total. The van der Waals surface area contributed by atoms with E-state index in [9.17, 15) is 23.6 Å². The largest absolute Gasteiger partial charge is 0.378 e. The number of anilines is 2. The molecule has 0 bridgehead atoms. The van der Waals surface area contributed by atoms with Gasteiger partial charge in [-0.2, -0.15) is 0 Å². The summed E-state index contributed by atoms with van der Waals surface area (Å²) in [5, 5.41) is 20.2. The standard InChI is InChI=1S/C51H49ClF3N11O5S/c1-4-24-72-50-61-46(59-19-18-56)45-47(62-50)66(64-63-45)29-32-10-8-31(9-11-32)12-16-43(67)57-20-22-71-23-21-58-44(68)17-13-33-25-40(54)35(41(55)26-33)28-60-48(69)34-14-15-37-42(27-34)65(49(70)51(37,2)3)30-36-38(52)6-5-7-39(36)53/h5-11,14-15,25-27H,4,18-24,28-30,56H2,1-3H3,(H,57,67)(H,58,68)(H,60,69)(H,59,61,62). The number of aromatic nitrogens is 5. The zero-order chi connectivity index (χ0) is 51.4. The van der Waals surface area contributed by atoms with Crippen LogP contribution in [0.25, 0.3) is 11.2 Å². The molecule has 0 atom stereocenters. The molecule has 6 aromatic rings. The van der Waals surface area contributed by atoms with Gasteiger partial charge in [0.05, 0.1) is 31.7 Å². The number of ether oxygens (including phenoxy) is 1. The zero-order valence-corrected chi connectivity index (χ0v) is 41.0. The van der Waals surface area contributed by atoms with Crippen molar-refractivity contribution in [1.82, 2.24) is 40.9 Å². The molecule has 21 heteroatoms. The van der Waals surface area contributed by atoms with Crippen LogP contribution in [-0.4, -0.2) is 93.7 Å². The molecule has 7 rings (SSSR count). The number of hydrogen-bond donors (Lipinski definition) is 5. The number of carbonyl (C=O) groups is 4. The van der Waals surface area contributed by atoms with Gasteiger partial charge in [0.25, 0.3) is 17.7 Å². The van der Waals surface area contributed by atoms with E-state index in [1.807, 2.05) is 12.1 Å². The van der Waals surface area contributed by atoms with Crippen molar-refractivity contribution in [2.24, 2.45) is 5.73 Å². The molecule has 0 aliphatic carbocycles. The lowest BCUT2D eigenvalue weighted by Gasteiger charge is -2.21. The SMILES string of the molecule is CCCSc1nc(NCCN)c2nnn(Cc3ccc(C#CC(=O)NCCOCCNC(=O)C#Cc4cc(F)c(CNC(=O)c5ccc6c(c5)N(Cc5c(F)cccc5Cl)C(=O)C6(C)C)c(F)c4)cc3)c2n1. The van der Waals surface area contributed by atoms with Crippen LogP contribution in [0.1, 0.15) is 70.9 Å². The number of benzene rings is 4. The molecule has 6 N–H and O–H groups in total. The summed E-state index contributed by atoms with van der Waals surface area (Å²) in [6.45, 7) is 6.66. The van der Waals surface area contributed by atoms with Crippen LogP contribution in [0, 0.1) is 41.1 Å². The molecule has 0 radical (unpaired) electrons. The van der Waals surface area contributed by atoms with Gasteiger partial charge >= 0.3 is 0 Å². The molecular formula is C51H49ClF3N11O5S. The van der Waals surface area contributed by atoms with E-state index < -0.39 is 52.7 Å². The molecule has 1 aliphatic rings. The van der Waals surface area contributed by atoms with E-state index in [-0.39, 0.29) is 60.5 Å². The van der Waals surface area contributed by atoms with E-state index >= 15 is 8.78 Å². The van der Waals surface area contributed by atoms with Gasteiger partial charge in [-0.05, 0) is 79.9 Å². The minimum absolute atomic E-state index is 0.0713. The summed E-state index contributed by atoms with van der Waals surface area (Å²) in [4.78, 5) is 61.9. The highest BCUT2D eigenvalue weighted by Crippen LogP contribution is 2.43. The maximum atomic E-state index is 15.1. The van der Waals surface area contributed by atoms with Crippen LogP contribution < -0.4 is 31.9 Å². The third-order valence-corrected chi connectivity index (χ3v) is 12.6. The first-order valence-corrected chi connectivity index (χ1v) is 24.1. The van der Waals surface area contributed by atoms with E-state index in [0.29, 0.717) is 58.6 Å². The van der Waals surface area contributed by atoms with Crippen LogP contribution in [0.4, 0.5) is 24.7 Å². The Morgan fingerprint density at radius 3 is 2.19 bits per heavy atom. The van der Waals surface area contributed by atoms with Gasteiger partial charge in [0.2, 0.25) is 5.91 Å². The molecule has 1 aliphatic heterocycles. The number of thioether (sulfide) groups is 1. The highest BCUT2D eigenvalue weighted by Gasteiger charge is 2.44. The fourth-order valence-corrected chi connectivity index (χ4v) is 8.32. The van der Waals surface area contributed by atoms with E-state index in [4.69, 9.17) is 27.1 Å². The third kappa shape index (κ3) is 12.9. The third-order valence-electron chi connectivity index (χ3n) is 11.2. The smallest absolute Gasteiger partial charge is 0.296 e. The summed E-state index contributed by atoms with van der Waals surface area (Å²) in [7, 11) is 0. The minimum Gasteiger partial charge on any atom is -0.378 e. The quantitative estimate of drug-likeness (QED) is 0.0290. The summed E-state index contributed by atoms with van der Waals surface area (Å²) < 4.78 is 52.0. The molecule has 0 saturated carbocycles. The Hall–Kier alpha value is -7.49. The van der Waals surface area contributed by atoms with Crippen molar-refractivity contribution < 1.29 is 37.1 Å². The number of fused-ring (bicyclic) bond motifs is 2. The summed E-state index contributed by atoms with van der Waals surface area (Å²) in [5.74, 6) is 6.75. The van der Waals surface area contributed by atoms with Crippen LogP contribution in [0.15, 0.2) is 78.0 Å². The first-order valence-electron chi connectivity index (χ1n) is 22.8. The van der Waals surface area contributed by atoms with Gasteiger partial charge in [-0.1, -0.05) is 71.6 Å². The first-order chi connectivity index (χ1) is 34.7. The number of amides is 4. The summed E-state index contributed by atoms with van der Waals surface area (Å²) >= 11 is 7.80. The molecule has 3 heterocycles. The van der Waals surface area contributed by atoms with Crippen LogP contribution in [-0.2, 0) is 44.2 Å². The van der Waals surface area contributed by atoms with E-state index in [1.54, 1.807) is 48.5 Å². The predicted octanol–water partition coefficient (Wildman–Crippen LogP) is 5.62. The number of nitrogens with two attached hydrogens (primary N) is 1. The van der Waals surface area contributed by atoms with Gasteiger partial charge in [-0.25, -0.2) is 27.8 Å². The topological polar surface area (TPSA) is 211 Å². The number of carbonyl (C=O) groups excluding carboxylic acids is 4. The maximum Gasteiger partial charge on any atom is 0.296 e. The van der Waals surface area contributed by atoms with Crippen LogP contribution in [0.2, 0.25) is 5.02 Å². The summed E-state index contributed by atoms with van der Waals surface area (Å²) in [5.41, 5.74) is 8.08. The van der Waals surface area contributed by atoms with Crippen molar-refractivity contribution in [3.8, 4) is 23.7 Å². The first kappa shape index (κ1) is 52.3. The van der Waals surface area contributed by atoms with E-state index in [2.05, 4.69) is 67.2 Å². The normalized spacial score (nSPS) is 12.4. The highest BCUT2D eigenvalue weighted by molar-refractivity contribution is 7.99. The Kier molecular flexibility index (Phi) is 17.5. The van der Waals surface area contributed by atoms with Crippen molar-refractivity contribution in [1.29, 1.82) is 0 Å². The van der Waals surface area contributed by atoms with Crippen molar-refractivity contribution >= 4 is 69.7 Å². The zero-order valence-electron chi connectivity index (χ0n) is 39.4. The summed E-state index contributed by atoms with van der Waals surface area (Å²) in [6.07, 6.45) is 0.976. The second-order valence-electron chi connectivity index (χ2n) is 16.7. The second-order valence-corrected chi connectivity index (χ2v) is 18.2. The van der Waals surface area contributed by atoms with Crippen molar-refractivity contribution in [3.63, 3.8) is 0 Å². The second kappa shape index (κ2) is 24.1. The molecule has 0 spiro atoms. The molecule has 0 saturated heterocycles. The van der Waals surface area contributed by atoms with Gasteiger partial charge in [0.1, 0.15) is 17.5 Å². The highest BCUT2D eigenvalue weighted by atomic mass is 35.5. The monoisotopic (exact) mass is 1020 g/mol. The van der Waals surface area contributed by atoms with Crippen molar-refractivity contribution in [3.05, 3.63) is 134 Å². The molecule has 2 aromatic heterocycles. The van der Waals surface area contributed by atoms with Gasteiger partial charge in [-0.15, -0.1) is 5.10 Å². The van der Waals surface area contributed by atoms with E-state index in [1.165, 1.54) is 35.2 Å². The summed E-state index contributed by atoms with van der Waals surface area (Å²) in [6, 6.07) is 18.0. The Balaban J connectivity index is 0.816. The Morgan fingerprint density at radius 2 is 1.53 bits per heavy atom. The number of nitrogens with zero attached hydrogens (tertiary/aromatic N) is 6. The number of hydrogen-bond acceptors (Lipinski definition) is 12. The lowest BCUT2D eigenvalue weighted by atomic mass is 9.86. The minimum atomic E-state index is -0.998. The Labute approximate surface area is 422 Å². The average Bonchev–Trinajstić information content (AvgIpc) is 3.85. The van der Waals surface area contributed by atoms with Gasteiger partial charge in [0.15, 0.2) is 22.1 Å². The van der Waals surface area contributed by atoms with Crippen LogP contribution in [0.3, 0.4) is 0 Å². The van der Waals surface area contributed by atoms with Crippen LogP contribution in [0.5, 0.6) is 0 Å². The van der Waals surface area contributed by atoms with Gasteiger partial charge in [-0.3, -0.25) is 19.2 Å². The predicted molar refractivity (Wildman–Crippen MR) is 267 cm³/mol. The number of nitrogens with one attached hydrogen (secondary N) is 4. The molecule has 0 unspecified atom stereocenters. The Morgan fingerprint density at radius 1 is 0.833 bits per heavy atom. The lowest BCUT2D eigenvalue weighted by molar-refractivity contribution is -0.122. The molecule has 372 valence electrons. The van der Waals surface area contributed by atoms with Gasteiger partial charge in [0, 0.05) is 88.8 Å². The molecular weight excluding hydrogens is 971 g/mol. The molecule has 72 heavy (non-hydrogen) atoms. The van der Waals surface area contributed by atoms with Gasteiger partial charge < -0.3 is 36.6 Å².